The first-order valence-corrected chi connectivity index (χ1v) is 45.8. The maximum atomic E-state index is 4.72. The number of nitrogens with zero attached hydrogens (tertiary/aromatic N) is 8. The van der Waals surface area contributed by atoms with Crippen molar-refractivity contribution in [1.29, 1.82) is 0 Å². The van der Waals surface area contributed by atoms with Gasteiger partial charge in [0.05, 0.1) is 0 Å². The van der Waals surface area contributed by atoms with Crippen LogP contribution >= 0.6 is 0 Å². The van der Waals surface area contributed by atoms with Gasteiger partial charge in [0.15, 0.2) is 0 Å². The van der Waals surface area contributed by atoms with Crippen LogP contribution in [0.1, 0.15) is 61.8 Å². The second kappa shape index (κ2) is 47.7. The number of fused-ring (bicyclic) bond motifs is 2. The summed E-state index contributed by atoms with van der Waals surface area (Å²) in [4.78, 5) is 36.8. The third-order valence-electron chi connectivity index (χ3n) is 24.0. The van der Waals surface area contributed by atoms with Gasteiger partial charge in [-0.05, 0) is 106 Å². The van der Waals surface area contributed by atoms with Gasteiger partial charge in [-0.25, -0.2) is 0 Å². The van der Waals surface area contributed by atoms with Gasteiger partial charge in [0.2, 0.25) is 0 Å². The molecule has 0 bridgehead atoms. The third kappa shape index (κ3) is 23.7. The Morgan fingerprint density at radius 1 is 0.179 bits per heavy atom. The van der Waals surface area contributed by atoms with Crippen molar-refractivity contribution in [3.8, 4) is 179 Å². The number of rotatable bonds is 18. The van der Waals surface area contributed by atoms with Crippen LogP contribution in [0.15, 0.2) is 438 Å². The summed E-state index contributed by atoms with van der Waals surface area (Å²) in [5.74, 6) is 0.906. The number of pyridine rings is 8. The van der Waals surface area contributed by atoms with Crippen LogP contribution in [0, 0.1) is 62.4 Å². The maximum absolute atomic E-state index is 4.72. The molecular formula is C128H92N8Pt4. The first kappa shape index (κ1) is 100. The summed E-state index contributed by atoms with van der Waals surface area (Å²) in [6.45, 7) is 12.9. The fourth-order valence-corrected chi connectivity index (χ4v) is 16.9. The third-order valence-corrected chi connectivity index (χ3v) is 24.0. The Bertz CT molecular complexity index is 7490. The van der Waals surface area contributed by atoms with Crippen molar-refractivity contribution in [3.05, 3.63) is 509 Å². The minimum atomic E-state index is 0. The van der Waals surface area contributed by atoms with Gasteiger partial charge in [-0.1, -0.05) is 278 Å². The number of hydrogen-bond acceptors (Lipinski definition) is 8. The summed E-state index contributed by atoms with van der Waals surface area (Å²) in [6, 6.07) is 162. The molecule has 0 atom stereocenters. The number of aryl methyl sites for hydroxylation is 2. The molecule has 0 aliphatic rings. The fourth-order valence-electron chi connectivity index (χ4n) is 16.9. The summed E-state index contributed by atoms with van der Waals surface area (Å²) < 4.78 is 0. The number of aromatic nitrogens is 8. The van der Waals surface area contributed by atoms with E-state index in [-0.39, 0.29) is 84.3 Å². The average Bonchev–Trinajstić information content (AvgIpc) is 0.798. The minimum absolute atomic E-state index is 0. The van der Waals surface area contributed by atoms with Crippen LogP contribution in [0.4, 0.5) is 0 Å². The molecular weight excluding hydrogens is 2430 g/mol. The van der Waals surface area contributed by atoms with Gasteiger partial charge in [-0.15, -0.1) is 283 Å². The maximum Gasteiger partial charge on any atom is 2.00 e. The molecule has 0 radical (unpaired) electrons. The molecule has 140 heavy (non-hydrogen) atoms. The molecule has 22 rings (SSSR count). The van der Waals surface area contributed by atoms with Crippen LogP contribution in [-0.4, -0.2) is 39.9 Å². The van der Waals surface area contributed by atoms with E-state index < -0.39 is 0 Å². The summed E-state index contributed by atoms with van der Waals surface area (Å²) in [5.41, 5.74) is 37.4. The number of benzene rings is 14. The van der Waals surface area contributed by atoms with E-state index in [1.807, 2.05) is 136 Å². The van der Waals surface area contributed by atoms with E-state index in [9.17, 15) is 0 Å². The largest absolute Gasteiger partial charge is 2.00 e. The Hall–Kier alpha value is -14.4. The van der Waals surface area contributed by atoms with Crippen molar-refractivity contribution in [3.63, 3.8) is 0 Å². The molecule has 0 N–H and O–H groups in total. The minimum Gasteiger partial charge on any atom is -0.295 e. The predicted octanol–water partition coefficient (Wildman–Crippen LogP) is 32.1. The zero-order chi connectivity index (χ0) is 92.5. The van der Waals surface area contributed by atoms with E-state index in [2.05, 4.69) is 422 Å². The Morgan fingerprint density at radius 3 is 0.671 bits per heavy atom. The Kier molecular flexibility index (Phi) is 34.1. The number of hydrogen-bond donors (Lipinski definition) is 0. The van der Waals surface area contributed by atoms with Crippen LogP contribution in [0.25, 0.3) is 201 Å². The molecule has 0 spiro atoms. The molecule has 0 fully saturated rings. The molecule has 8 aromatic heterocycles. The van der Waals surface area contributed by atoms with Gasteiger partial charge in [0.25, 0.3) is 0 Å². The summed E-state index contributed by atoms with van der Waals surface area (Å²) in [7, 11) is 0. The first-order chi connectivity index (χ1) is 66.9. The van der Waals surface area contributed by atoms with Crippen LogP contribution < -0.4 is 0 Å². The van der Waals surface area contributed by atoms with Gasteiger partial charge >= 0.3 is 84.3 Å². The van der Waals surface area contributed by atoms with Gasteiger partial charge in [0.1, 0.15) is 0 Å². The molecule has 8 nitrogen and oxygen atoms in total. The van der Waals surface area contributed by atoms with Crippen LogP contribution in [0.5, 0.6) is 0 Å². The second-order valence-electron chi connectivity index (χ2n) is 33.9. The molecule has 14 aromatic carbocycles. The first-order valence-electron chi connectivity index (χ1n) is 45.8. The topological polar surface area (TPSA) is 103 Å². The predicted molar refractivity (Wildman–Crippen MR) is 558 cm³/mol. The summed E-state index contributed by atoms with van der Waals surface area (Å²) >= 11 is 0. The zero-order valence-corrected chi connectivity index (χ0v) is 86.7. The van der Waals surface area contributed by atoms with Crippen molar-refractivity contribution in [2.75, 3.05) is 0 Å². The monoisotopic (exact) mass is 2520 g/mol. The van der Waals surface area contributed by atoms with Crippen molar-refractivity contribution in [2.24, 2.45) is 0 Å². The van der Waals surface area contributed by atoms with Crippen molar-refractivity contribution >= 4 is 21.5 Å². The molecule has 0 saturated heterocycles. The van der Waals surface area contributed by atoms with Gasteiger partial charge < -0.3 is 0 Å². The summed E-state index contributed by atoms with van der Waals surface area (Å²) in [5, 5.41) is 4.59. The molecule has 22 aromatic rings. The van der Waals surface area contributed by atoms with Crippen LogP contribution in [0.3, 0.4) is 0 Å². The smallest absolute Gasteiger partial charge is 0.295 e. The van der Waals surface area contributed by atoms with Crippen molar-refractivity contribution in [2.45, 2.75) is 53.4 Å². The van der Waals surface area contributed by atoms with Gasteiger partial charge in [-0.3, -0.25) is 39.9 Å². The molecule has 0 saturated carbocycles. The standard InChI is InChI=1S/C36H22N2.C34H30N2.C30H22N2.C28H18N2.4Pt/c1-3-17-33-25(9-1)19-21-37-35(33)29-13-7-11-27(23-29)31-15-5-6-16-32(31)28-12-8-14-30(24-28)36-34-18-4-2-10-26(34)20-22-38-36;1-23(2)25-15-17-35-33(21-25)29-11-7-9-27(19-29)31-13-5-6-14-32(31)28-10-8-12-30(20-28)34-22-26(24(3)4)16-18-36-34;1-21-13-15-29(31-19-21)25-9-5-7-23(17-25)27-11-3-4-12-28(27)24-8-6-10-26(18-24)30-16-14-22(2)20-32-30;1-2-14-26(22-10-8-12-24(20-22)28-16-4-6-18-30-28)25(13-1)21-9-7-11-23(19-21)27-15-3-5-17-29-27;;;;/h1-22H;5-18,21-24H,1-4H3;3-16,19-20H,1-2H3;1-18H;;;;/q4*-2;4*+2. The SMILES string of the molecule is CC(C)c1ccnc(-c2[c-]c(-c3ccccc3-c3[c-]c(-c4cc(C(C)C)ccn4)ccc3)ccc2)c1.Cc1ccc(-c2[c-]c(-c3ccccc3-c3[c-]c(-c4ccc(C)cn4)ccc3)ccc2)nc1.[Pt+2].[Pt+2].[Pt+2].[Pt+2].[c-]1c(-c2ccccc2-c2[c-]c(-c3nccc4ccccc34)ccc2)cccc1-c1nccc2ccccc12.[c-]1c(-c2ccccn2)cccc1-c1ccccc1-c1[c-]c(-c2ccccn2)ccc1. The Balaban J connectivity index is 0.000000140. The zero-order valence-electron chi connectivity index (χ0n) is 77.6. The molecule has 12 heteroatoms. The fraction of sp³-hybridized carbons (Fsp3) is 0.0625. The van der Waals surface area contributed by atoms with E-state index in [4.69, 9.17) is 9.97 Å². The van der Waals surface area contributed by atoms with E-state index in [0.29, 0.717) is 11.8 Å². The quantitative estimate of drug-likeness (QED) is 0.0783. The van der Waals surface area contributed by atoms with Gasteiger partial charge in [0, 0.05) is 95.1 Å². The van der Waals surface area contributed by atoms with Crippen molar-refractivity contribution < 1.29 is 84.3 Å². The summed E-state index contributed by atoms with van der Waals surface area (Å²) in [6.07, 6.45) is 14.9. The molecule has 0 aliphatic heterocycles. The van der Waals surface area contributed by atoms with E-state index >= 15 is 0 Å². The van der Waals surface area contributed by atoms with Crippen molar-refractivity contribution in [1.82, 2.24) is 39.9 Å². The average molecular weight is 2520 g/mol. The van der Waals surface area contributed by atoms with E-state index in [0.717, 1.165) is 201 Å². The Morgan fingerprint density at radius 2 is 0.407 bits per heavy atom. The van der Waals surface area contributed by atoms with E-state index in [1.54, 1.807) is 0 Å². The van der Waals surface area contributed by atoms with E-state index in [1.165, 1.54) is 21.9 Å². The van der Waals surface area contributed by atoms with Crippen LogP contribution in [0.2, 0.25) is 0 Å². The molecule has 8 heterocycles. The normalized spacial score (nSPS) is 10.7. The molecule has 684 valence electrons. The van der Waals surface area contributed by atoms with Gasteiger partial charge in [-0.2, -0.15) is 0 Å². The molecule has 0 amide bonds. The molecule has 0 unspecified atom stereocenters. The molecule has 0 aliphatic carbocycles. The Labute approximate surface area is 878 Å². The van der Waals surface area contributed by atoms with Crippen LogP contribution in [-0.2, 0) is 84.3 Å². The second-order valence-corrected chi connectivity index (χ2v) is 33.9.